The fraction of sp³-hybridized carbons (Fsp3) is 0.333. The van der Waals surface area contributed by atoms with E-state index < -0.39 is 12.0 Å². The molecule has 2 aromatic rings. The quantitative estimate of drug-likeness (QED) is 0.906. The van der Waals surface area contributed by atoms with Crippen molar-refractivity contribution in [2.75, 3.05) is 5.75 Å². The molecule has 3 rings (SSSR count). The molecule has 0 aliphatic carbocycles. The Morgan fingerprint density at radius 2 is 2.47 bits per heavy atom. The van der Waals surface area contributed by atoms with Crippen LogP contribution in [0.4, 0.5) is 0 Å². The summed E-state index contributed by atoms with van der Waals surface area (Å²) in [6.07, 6.45) is 3.85. The van der Waals surface area contributed by atoms with E-state index in [0.29, 0.717) is 5.75 Å². The zero-order valence-corrected chi connectivity index (χ0v) is 11.9. The van der Waals surface area contributed by atoms with E-state index in [0.717, 1.165) is 15.6 Å². The van der Waals surface area contributed by atoms with Crippen molar-refractivity contribution >= 4 is 29.1 Å². The van der Waals surface area contributed by atoms with Crippen LogP contribution in [0.5, 0.6) is 0 Å². The molecule has 0 radical (unpaired) electrons. The monoisotopic (exact) mass is 295 g/mol. The van der Waals surface area contributed by atoms with Gasteiger partial charge in [0.1, 0.15) is 16.4 Å². The van der Waals surface area contributed by atoms with Crippen molar-refractivity contribution in [1.29, 1.82) is 0 Å². The van der Waals surface area contributed by atoms with Crippen LogP contribution in [0.3, 0.4) is 0 Å². The highest BCUT2D eigenvalue weighted by molar-refractivity contribution is 7.99. The van der Waals surface area contributed by atoms with E-state index in [1.807, 2.05) is 36.1 Å². The minimum Gasteiger partial charge on any atom is -0.480 e. The van der Waals surface area contributed by atoms with Crippen LogP contribution in [-0.4, -0.2) is 32.4 Å². The summed E-state index contributed by atoms with van der Waals surface area (Å²) in [5, 5.41) is 13.0. The Balaban J connectivity index is 1.79. The van der Waals surface area contributed by atoms with Gasteiger partial charge in [-0.15, -0.1) is 23.1 Å². The first kappa shape index (κ1) is 12.7. The first-order valence-corrected chi connectivity index (χ1v) is 7.69. The van der Waals surface area contributed by atoms with Crippen LogP contribution in [0.2, 0.25) is 0 Å². The molecule has 1 aliphatic heterocycles. The lowest BCUT2D eigenvalue weighted by molar-refractivity contribution is -0.138. The lowest BCUT2D eigenvalue weighted by Crippen LogP contribution is -2.33. The van der Waals surface area contributed by atoms with Crippen LogP contribution >= 0.6 is 23.1 Å². The number of hydrogen-bond donors (Lipinski definition) is 2. The summed E-state index contributed by atoms with van der Waals surface area (Å²) in [6.45, 7) is 0. The second kappa shape index (κ2) is 4.99. The second-order valence-corrected chi connectivity index (χ2v) is 6.54. The van der Waals surface area contributed by atoms with E-state index in [-0.39, 0.29) is 5.37 Å². The Morgan fingerprint density at radius 1 is 1.63 bits per heavy atom. The van der Waals surface area contributed by atoms with Gasteiger partial charge >= 0.3 is 5.97 Å². The van der Waals surface area contributed by atoms with Crippen LogP contribution in [0, 0.1) is 0 Å². The lowest BCUT2D eigenvalue weighted by Gasteiger charge is -2.06. The van der Waals surface area contributed by atoms with Crippen molar-refractivity contribution in [3.63, 3.8) is 0 Å². The Labute approximate surface area is 118 Å². The predicted octanol–water partition coefficient (Wildman–Crippen LogP) is 1.94. The zero-order valence-electron chi connectivity index (χ0n) is 10.2. The van der Waals surface area contributed by atoms with Crippen LogP contribution in [0.15, 0.2) is 24.5 Å². The number of carbonyl (C=O) groups is 1. The van der Waals surface area contributed by atoms with Gasteiger partial charge in [0.15, 0.2) is 0 Å². The summed E-state index contributed by atoms with van der Waals surface area (Å²) in [7, 11) is 2.00. The molecule has 2 N–H and O–H groups in total. The Kier molecular flexibility index (Phi) is 3.34. The Hall–Kier alpha value is -1.31. The summed E-state index contributed by atoms with van der Waals surface area (Å²) in [5.41, 5.74) is 1.13. The molecule has 0 aromatic carbocycles. The van der Waals surface area contributed by atoms with Crippen molar-refractivity contribution < 1.29 is 9.90 Å². The summed E-state index contributed by atoms with van der Waals surface area (Å²) in [4.78, 5) is 16.4. The molecule has 1 saturated heterocycles. The molecule has 5 nitrogen and oxygen atoms in total. The van der Waals surface area contributed by atoms with E-state index in [1.54, 1.807) is 23.1 Å². The number of nitrogens with zero attached hydrogens (tertiary/aromatic N) is 2. The van der Waals surface area contributed by atoms with Gasteiger partial charge in [0.2, 0.25) is 0 Å². The molecule has 7 heteroatoms. The maximum Gasteiger partial charge on any atom is 0.321 e. The molecule has 100 valence electrons. The van der Waals surface area contributed by atoms with Gasteiger partial charge in [-0.05, 0) is 12.1 Å². The summed E-state index contributed by atoms with van der Waals surface area (Å²) in [6, 6.07) is 3.57. The predicted molar refractivity (Wildman–Crippen MR) is 76.3 cm³/mol. The SMILES string of the molecule is Cn1cccc1-c1cnc(C2NC(C(=O)O)CS2)s1. The average Bonchev–Trinajstić information content (AvgIpc) is 3.07. The molecule has 1 aliphatic rings. The summed E-state index contributed by atoms with van der Waals surface area (Å²) in [5.74, 6) is -0.215. The van der Waals surface area contributed by atoms with Crippen LogP contribution in [0.25, 0.3) is 10.6 Å². The third-order valence-corrected chi connectivity index (χ3v) is 5.48. The van der Waals surface area contributed by atoms with Crippen molar-refractivity contribution in [2.45, 2.75) is 11.4 Å². The molecular weight excluding hydrogens is 282 g/mol. The number of thioether (sulfide) groups is 1. The molecule has 0 bridgehead atoms. The maximum absolute atomic E-state index is 10.9. The van der Waals surface area contributed by atoms with E-state index >= 15 is 0 Å². The van der Waals surface area contributed by atoms with Gasteiger partial charge in [0, 0.05) is 25.2 Å². The number of aryl methyl sites for hydroxylation is 1. The largest absolute Gasteiger partial charge is 0.480 e. The smallest absolute Gasteiger partial charge is 0.321 e. The number of aromatic nitrogens is 2. The summed E-state index contributed by atoms with van der Waals surface area (Å²) < 4.78 is 2.05. The number of nitrogens with one attached hydrogen (secondary N) is 1. The highest BCUT2D eigenvalue weighted by Gasteiger charge is 2.32. The highest BCUT2D eigenvalue weighted by Crippen LogP contribution is 2.37. The fourth-order valence-corrected chi connectivity index (χ4v) is 4.36. The molecule has 19 heavy (non-hydrogen) atoms. The molecule has 1 fully saturated rings. The Bertz CT molecular complexity index is 608. The first-order chi connectivity index (χ1) is 9.15. The molecule has 0 spiro atoms. The van der Waals surface area contributed by atoms with Gasteiger partial charge in [0.25, 0.3) is 0 Å². The summed E-state index contributed by atoms with van der Waals surface area (Å²) >= 11 is 3.20. The number of carboxylic acids is 1. The van der Waals surface area contributed by atoms with Gasteiger partial charge in [-0.2, -0.15) is 0 Å². The molecule has 2 atom stereocenters. The third-order valence-electron chi connectivity index (χ3n) is 3.02. The minimum absolute atomic E-state index is 0.0138. The van der Waals surface area contributed by atoms with Gasteiger partial charge in [-0.25, -0.2) is 4.98 Å². The average molecular weight is 295 g/mol. The van der Waals surface area contributed by atoms with Gasteiger partial charge in [-0.1, -0.05) is 0 Å². The fourth-order valence-electron chi connectivity index (χ4n) is 2.00. The number of rotatable bonds is 3. The molecule has 0 amide bonds. The number of carboxylic acid groups (broad SMARTS) is 1. The van der Waals surface area contributed by atoms with Gasteiger partial charge in [0.05, 0.1) is 10.6 Å². The van der Waals surface area contributed by atoms with Crippen molar-refractivity contribution in [2.24, 2.45) is 7.05 Å². The maximum atomic E-state index is 10.9. The molecule has 3 heterocycles. The van der Waals surface area contributed by atoms with Crippen molar-refractivity contribution in [1.82, 2.24) is 14.9 Å². The van der Waals surface area contributed by atoms with Gasteiger partial charge < -0.3 is 9.67 Å². The molecule has 0 saturated carbocycles. The van der Waals surface area contributed by atoms with Crippen molar-refractivity contribution in [3.05, 3.63) is 29.5 Å². The van der Waals surface area contributed by atoms with E-state index in [2.05, 4.69) is 10.3 Å². The van der Waals surface area contributed by atoms with Crippen LogP contribution in [-0.2, 0) is 11.8 Å². The van der Waals surface area contributed by atoms with E-state index in [9.17, 15) is 4.79 Å². The number of hydrogen-bond acceptors (Lipinski definition) is 5. The lowest BCUT2D eigenvalue weighted by atomic mass is 10.3. The van der Waals surface area contributed by atoms with Crippen LogP contribution in [0.1, 0.15) is 10.4 Å². The number of aliphatic carboxylic acids is 1. The molecule has 2 unspecified atom stereocenters. The minimum atomic E-state index is -0.797. The van der Waals surface area contributed by atoms with E-state index in [1.165, 1.54) is 0 Å². The zero-order chi connectivity index (χ0) is 13.4. The van der Waals surface area contributed by atoms with Gasteiger partial charge in [-0.3, -0.25) is 10.1 Å². The molecule has 2 aromatic heterocycles. The van der Waals surface area contributed by atoms with Crippen LogP contribution < -0.4 is 5.32 Å². The normalized spacial score (nSPS) is 22.8. The van der Waals surface area contributed by atoms with Crippen molar-refractivity contribution in [3.8, 4) is 10.6 Å². The Morgan fingerprint density at radius 3 is 3.11 bits per heavy atom. The standard InChI is InChI=1S/C12H13N3O2S2/c1-15-4-2-3-8(15)9-5-13-10(19-9)11-14-7(6-18-11)12(16)17/h2-5,7,11,14H,6H2,1H3,(H,16,17). The van der Waals surface area contributed by atoms with E-state index in [4.69, 9.17) is 5.11 Å². The topological polar surface area (TPSA) is 67.2 Å². The third kappa shape index (κ3) is 2.41. The number of thiazole rings is 1. The first-order valence-electron chi connectivity index (χ1n) is 5.83. The molecular formula is C12H13N3O2S2. The second-order valence-electron chi connectivity index (χ2n) is 4.34. The highest BCUT2D eigenvalue weighted by atomic mass is 32.2.